The summed E-state index contributed by atoms with van der Waals surface area (Å²) in [4.78, 5) is 16.1. The molecule has 2 aliphatic rings. The molecule has 0 aliphatic carbocycles. The molecule has 0 aromatic carbocycles. The van der Waals surface area contributed by atoms with Crippen LogP contribution in [-0.4, -0.2) is 165 Å². The third-order valence-corrected chi connectivity index (χ3v) is 5.53. The van der Waals surface area contributed by atoms with Gasteiger partial charge in [0.05, 0.1) is 106 Å². The van der Waals surface area contributed by atoms with Crippen LogP contribution in [0.15, 0.2) is 0 Å². The van der Waals surface area contributed by atoms with Gasteiger partial charge in [-0.15, -0.1) is 0 Å². The highest BCUT2D eigenvalue weighted by Gasteiger charge is 2.15. The van der Waals surface area contributed by atoms with Gasteiger partial charge in [0.1, 0.15) is 5.60 Å². The Balaban J connectivity index is 0.000000434. The van der Waals surface area contributed by atoms with E-state index in [0.29, 0.717) is 52.9 Å². The third-order valence-electron chi connectivity index (χ3n) is 5.53. The standard InChI is InChI=1S/C17H33NO6.C10H21NO4/c1-17(2,3)24-16(19)4-8-20-12-14-23-15-13-22-11-7-18-5-9-21-10-6-18;12-4-8-15-10-9-14-7-3-11-1-5-13-6-2-11/h4-15H2,1-3H3;12H,1-10H2. The van der Waals surface area contributed by atoms with Crippen molar-refractivity contribution in [2.24, 2.45) is 0 Å². The van der Waals surface area contributed by atoms with E-state index in [1.807, 2.05) is 20.8 Å². The smallest absolute Gasteiger partial charge is 0.308 e. The third kappa shape index (κ3) is 24.6. The number of hydrogen-bond acceptors (Lipinski definition) is 12. The van der Waals surface area contributed by atoms with Crippen LogP contribution >= 0.6 is 0 Å². The van der Waals surface area contributed by atoms with E-state index < -0.39 is 5.60 Å². The van der Waals surface area contributed by atoms with Crippen molar-refractivity contribution in [1.29, 1.82) is 0 Å². The summed E-state index contributed by atoms with van der Waals surface area (Å²) in [5.41, 5.74) is -0.442. The highest BCUT2D eigenvalue weighted by Crippen LogP contribution is 2.08. The van der Waals surface area contributed by atoms with Crippen molar-refractivity contribution in [3.63, 3.8) is 0 Å². The van der Waals surface area contributed by atoms with Crippen LogP contribution in [0.5, 0.6) is 0 Å². The van der Waals surface area contributed by atoms with E-state index in [2.05, 4.69) is 9.80 Å². The van der Waals surface area contributed by atoms with E-state index in [1.165, 1.54) is 0 Å². The zero-order chi connectivity index (χ0) is 28.4. The average Bonchev–Trinajstić information content (AvgIpc) is 2.92. The number of aliphatic hydroxyl groups is 1. The fourth-order valence-electron chi connectivity index (χ4n) is 3.51. The molecule has 2 aliphatic heterocycles. The summed E-state index contributed by atoms with van der Waals surface area (Å²) >= 11 is 0. The van der Waals surface area contributed by atoms with Crippen molar-refractivity contribution in [2.45, 2.75) is 32.8 Å². The summed E-state index contributed by atoms with van der Waals surface area (Å²) in [7, 11) is 0. The van der Waals surface area contributed by atoms with Gasteiger partial charge in [0, 0.05) is 39.3 Å². The van der Waals surface area contributed by atoms with Crippen molar-refractivity contribution in [1.82, 2.24) is 9.80 Å². The maximum Gasteiger partial charge on any atom is 0.308 e. The number of carbonyl (C=O) groups is 1. The summed E-state index contributed by atoms with van der Waals surface area (Å²) in [5, 5.41) is 8.45. The second-order valence-corrected chi connectivity index (χ2v) is 10.0. The summed E-state index contributed by atoms with van der Waals surface area (Å²) in [5.74, 6) is -0.239. The number of nitrogens with zero attached hydrogens (tertiary/aromatic N) is 2. The van der Waals surface area contributed by atoms with E-state index in [4.69, 9.17) is 43.0 Å². The molecule has 2 saturated heterocycles. The van der Waals surface area contributed by atoms with Crippen LogP contribution in [0.1, 0.15) is 27.2 Å². The summed E-state index contributed by atoms with van der Waals surface area (Å²) in [6.45, 7) is 20.3. The number of rotatable bonds is 20. The highest BCUT2D eigenvalue weighted by molar-refractivity contribution is 5.69. The monoisotopic (exact) mass is 566 g/mol. The normalized spacial score (nSPS) is 17.0. The lowest BCUT2D eigenvalue weighted by molar-refractivity contribution is -0.156. The Hall–Kier alpha value is -0.930. The molecular weight excluding hydrogens is 512 g/mol. The predicted molar refractivity (Wildman–Crippen MR) is 146 cm³/mol. The van der Waals surface area contributed by atoms with Crippen LogP contribution in [0, 0.1) is 0 Å². The molecular formula is C27H54N2O10. The van der Waals surface area contributed by atoms with E-state index in [0.717, 1.165) is 78.9 Å². The van der Waals surface area contributed by atoms with Crippen LogP contribution in [0.2, 0.25) is 0 Å². The molecule has 0 unspecified atom stereocenters. The molecule has 0 bridgehead atoms. The van der Waals surface area contributed by atoms with Gasteiger partial charge in [-0.1, -0.05) is 0 Å². The average molecular weight is 567 g/mol. The summed E-state index contributed by atoms with van der Waals surface area (Å²) in [6.07, 6.45) is 0.266. The highest BCUT2D eigenvalue weighted by atomic mass is 16.6. The fourth-order valence-corrected chi connectivity index (χ4v) is 3.51. The van der Waals surface area contributed by atoms with Crippen molar-refractivity contribution in [3.8, 4) is 0 Å². The number of esters is 1. The molecule has 0 saturated carbocycles. The van der Waals surface area contributed by atoms with Crippen LogP contribution in [0.4, 0.5) is 0 Å². The largest absolute Gasteiger partial charge is 0.460 e. The van der Waals surface area contributed by atoms with Gasteiger partial charge >= 0.3 is 5.97 Å². The minimum Gasteiger partial charge on any atom is -0.460 e. The molecule has 39 heavy (non-hydrogen) atoms. The Labute approximate surface area is 235 Å². The number of carbonyl (C=O) groups excluding carboxylic acids is 1. The maximum absolute atomic E-state index is 11.4. The Bertz CT molecular complexity index is 553. The SMILES string of the molecule is CC(C)(C)OC(=O)CCOCCOCCOCCN1CCOCC1.OCCOCCOCCN1CCOCC1. The molecule has 0 aromatic rings. The van der Waals surface area contributed by atoms with Gasteiger partial charge in [-0.3, -0.25) is 14.6 Å². The van der Waals surface area contributed by atoms with Crippen LogP contribution in [0.3, 0.4) is 0 Å². The van der Waals surface area contributed by atoms with E-state index in [-0.39, 0.29) is 19.0 Å². The van der Waals surface area contributed by atoms with Crippen molar-refractivity contribution < 1.29 is 47.8 Å². The Morgan fingerprint density at radius 2 is 1.03 bits per heavy atom. The van der Waals surface area contributed by atoms with Gasteiger partial charge in [-0.05, 0) is 20.8 Å². The molecule has 2 rings (SSSR count). The lowest BCUT2D eigenvalue weighted by Crippen LogP contribution is -2.38. The van der Waals surface area contributed by atoms with E-state index >= 15 is 0 Å². The van der Waals surface area contributed by atoms with Crippen molar-refractivity contribution >= 4 is 5.97 Å². The van der Waals surface area contributed by atoms with Crippen LogP contribution in [-0.2, 0) is 42.7 Å². The number of aliphatic hydroxyl groups excluding tert-OH is 1. The first-order valence-corrected chi connectivity index (χ1v) is 14.2. The molecule has 1 N–H and O–H groups in total. The first-order valence-electron chi connectivity index (χ1n) is 14.2. The summed E-state index contributed by atoms with van der Waals surface area (Å²) in [6, 6.07) is 0. The van der Waals surface area contributed by atoms with Crippen LogP contribution in [0.25, 0.3) is 0 Å². The maximum atomic E-state index is 11.4. The molecule has 0 aromatic heterocycles. The molecule has 0 radical (unpaired) electrons. The molecule has 2 heterocycles. The molecule has 0 atom stereocenters. The van der Waals surface area contributed by atoms with Crippen LogP contribution < -0.4 is 0 Å². The second-order valence-electron chi connectivity index (χ2n) is 10.0. The first-order chi connectivity index (χ1) is 18.9. The Morgan fingerprint density at radius 1 is 0.641 bits per heavy atom. The molecule has 0 spiro atoms. The summed E-state index contributed by atoms with van der Waals surface area (Å²) < 4.78 is 42.5. The number of ether oxygens (including phenoxy) is 8. The minimum absolute atomic E-state index is 0.0772. The van der Waals surface area contributed by atoms with Gasteiger partial charge in [0.15, 0.2) is 0 Å². The van der Waals surface area contributed by atoms with Gasteiger partial charge in [-0.2, -0.15) is 0 Å². The lowest BCUT2D eigenvalue weighted by Gasteiger charge is -2.26. The first kappa shape index (κ1) is 36.1. The molecule has 2 fully saturated rings. The minimum atomic E-state index is -0.442. The van der Waals surface area contributed by atoms with Crippen molar-refractivity contribution in [3.05, 3.63) is 0 Å². The lowest BCUT2D eigenvalue weighted by atomic mass is 10.2. The zero-order valence-electron chi connectivity index (χ0n) is 24.6. The van der Waals surface area contributed by atoms with Crippen molar-refractivity contribution in [2.75, 3.05) is 138 Å². The fraction of sp³-hybridized carbons (Fsp3) is 0.963. The van der Waals surface area contributed by atoms with Gasteiger partial charge in [-0.25, -0.2) is 0 Å². The number of hydrogen-bond donors (Lipinski definition) is 1. The molecule has 232 valence electrons. The quantitative estimate of drug-likeness (QED) is 0.163. The predicted octanol–water partition coefficient (Wildman–Crippen LogP) is 0.444. The molecule has 12 nitrogen and oxygen atoms in total. The van der Waals surface area contributed by atoms with E-state index in [1.54, 1.807) is 0 Å². The van der Waals surface area contributed by atoms with Gasteiger partial charge in [0.2, 0.25) is 0 Å². The Kier molecular flexibility index (Phi) is 23.0. The van der Waals surface area contributed by atoms with Gasteiger partial charge in [0.25, 0.3) is 0 Å². The van der Waals surface area contributed by atoms with Gasteiger partial charge < -0.3 is 43.0 Å². The van der Waals surface area contributed by atoms with E-state index in [9.17, 15) is 4.79 Å². The Morgan fingerprint density at radius 3 is 1.44 bits per heavy atom. The molecule has 0 amide bonds. The molecule has 12 heteroatoms. The zero-order valence-corrected chi connectivity index (χ0v) is 24.6. The second kappa shape index (κ2) is 24.8. The topological polar surface area (TPSA) is 118 Å². The number of morpholine rings is 2.